The van der Waals surface area contributed by atoms with Crippen LogP contribution in [0.5, 0.6) is 0 Å². The zero-order valence-corrected chi connectivity index (χ0v) is 9.33. The van der Waals surface area contributed by atoms with E-state index in [9.17, 15) is 4.39 Å². The Hall–Kier alpha value is -0.570. The Balaban J connectivity index is 0.00000169. The zero-order chi connectivity index (χ0) is 9.84. The first kappa shape index (κ1) is 13.4. The molecule has 1 rings (SSSR count). The summed E-state index contributed by atoms with van der Waals surface area (Å²) >= 11 is 5.88. The molecule has 0 heterocycles. The van der Waals surface area contributed by atoms with Gasteiger partial charge in [0.05, 0.1) is 0 Å². The molecule has 0 saturated carbocycles. The van der Waals surface area contributed by atoms with E-state index in [1.54, 1.807) is 25.1 Å². The summed E-state index contributed by atoms with van der Waals surface area (Å²) in [4.78, 5) is 0. The number of nitrogens with two attached hydrogens (primary N) is 1. The molecule has 0 spiro atoms. The van der Waals surface area contributed by atoms with Gasteiger partial charge >= 0.3 is 0 Å². The van der Waals surface area contributed by atoms with Gasteiger partial charge in [0.25, 0.3) is 0 Å². The van der Waals surface area contributed by atoms with E-state index < -0.39 is 0 Å². The molecular formula is C10H12Cl2FN. The molecule has 0 saturated heterocycles. The Kier molecular flexibility index (Phi) is 5.77. The highest BCUT2D eigenvalue weighted by molar-refractivity contribution is 6.32. The van der Waals surface area contributed by atoms with Crippen LogP contribution in [0.4, 0.5) is 4.39 Å². The fourth-order valence-corrected chi connectivity index (χ4v) is 1.34. The van der Waals surface area contributed by atoms with Crippen LogP contribution in [-0.4, -0.2) is 6.54 Å². The number of halogens is 3. The van der Waals surface area contributed by atoms with Crippen molar-refractivity contribution in [2.24, 2.45) is 5.73 Å². The fourth-order valence-electron chi connectivity index (χ4n) is 1.06. The Morgan fingerprint density at radius 1 is 1.43 bits per heavy atom. The summed E-state index contributed by atoms with van der Waals surface area (Å²) in [6.07, 6.45) is 0. The summed E-state index contributed by atoms with van der Waals surface area (Å²) in [5.41, 5.74) is 6.39. The van der Waals surface area contributed by atoms with Crippen molar-refractivity contribution in [2.45, 2.75) is 6.92 Å². The SMILES string of the molecule is C/C(=C(\F)CN)c1ccccc1Cl.Cl. The highest BCUT2D eigenvalue weighted by Crippen LogP contribution is 2.25. The van der Waals surface area contributed by atoms with Gasteiger partial charge in [-0.2, -0.15) is 0 Å². The van der Waals surface area contributed by atoms with E-state index in [0.29, 0.717) is 16.2 Å². The molecule has 0 fully saturated rings. The highest BCUT2D eigenvalue weighted by atomic mass is 35.5. The maximum absolute atomic E-state index is 13.1. The van der Waals surface area contributed by atoms with Gasteiger partial charge in [-0.05, 0) is 24.1 Å². The summed E-state index contributed by atoms with van der Waals surface area (Å²) < 4.78 is 13.1. The maximum Gasteiger partial charge on any atom is 0.117 e. The largest absolute Gasteiger partial charge is 0.325 e. The Labute approximate surface area is 94.2 Å². The number of hydrogen-bond donors (Lipinski definition) is 1. The molecular weight excluding hydrogens is 224 g/mol. The van der Waals surface area contributed by atoms with E-state index in [-0.39, 0.29) is 24.8 Å². The van der Waals surface area contributed by atoms with Gasteiger partial charge in [0.15, 0.2) is 0 Å². The van der Waals surface area contributed by atoms with Gasteiger partial charge in [-0.3, -0.25) is 0 Å². The Bertz CT molecular complexity index is 337. The lowest BCUT2D eigenvalue weighted by Crippen LogP contribution is -2.01. The number of allylic oxidation sites excluding steroid dienone is 1. The smallest absolute Gasteiger partial charge is 0.117 e. The molecule has 78 valence electrons. The first-order valence-corrected chi connectivity index (χ1v) is 4.35. The molecule has 0 radical (unpaired) electrons. The van der Waals surface area contributed by atoms with Crippen molar-refractivity contribution >= 4 is 29.6 Å². The van der Waals surface area contributed by atoms with E-state index in [0.717, 1.165) is 0 Å². The van der Waals surface area contributed by atoms with Crippen molar-refractivity contribution in [3.8, 4) is 0 Å². The van der Waals surface area contributed by atoms with Gasteiger partial charge in [-0.15, -0.1) is 12.4 Å². The second kappa shape index (κ2) is 6.02. The molecule has 0 bridgehead atoms. The van der Waals surface area contributed by atoms with E-state index >= 15 is 0 Å². The molecule has 4 heteroatoms. The van der Waals surface area contributed by atoms with Crippen LogP contribution in [0.1, 0.15) is 12.5 Å². The van der Waals surface area contributed by atoms with Gasteiger partial charge in [-0.1, -0.05) is 29.8 Å². The van der Waals surface area contributed by atoms with Crippen molar-refractivity contribution in [1.82, 2.24) is 0 Å². The third-order valence-electron chi connectivity index (χ3n) is 1.86. The van der Waals surface area contributed by atoms with E-state index in [2.05, 4.69) is 0 Å². The van der Waals surface area contributed by atoms with Crippen molar-refractivity contribution in [1.29, 1.82) is 0 Å². The maximum atomic E-state index is 13.1. The van der Waals surface area contributed by atoms with E-state index in [1.165, 1.54) is 0 Å². The predicted molar refractivity (Wildman–Crippen MR) is 61.5 cm³/mol. The minimum atomic E-state index is -0.326. The molecule has 0 aromatic heterocycles. The average molecular weight is 236 g/mol. The van der Waals surface area contributed by atoms with Crippen LogP contribution in [0, 0.1) is 0 Å². The van der Waals surface area contributed by atoms with Crippen LogP contribution in [-0.2, 0) is 0 Å². The Morgan fingerprint density at radius 3 is 2.50 bits per heavy atom. The quantitative estimate of drug-likeness (QED) is 0.836. The molecule has 2 N–H and O–H groups in total. The minimum absolute atomic E-state index is 0. The van der Waals surface area contributed by atoms with Crippen LogP contribution >= 0.6 is 24.0 Å². The number of benzene rings is 1. The molecule has 1 nitrogen and oxygen atoms in total. The molecule has 0 atom stereocenters. The van der Waals surface area contributed by atoms with Crippen molar-refractivity contribution in [3.05, 3.63) is 40.7 Å². The second-order valence-electron chi connectivity index (χ2n) is 2.71. The summed E-state index contributed by atoms with van der Waals surface area (Å²) in [7, 11) is 0. The normalized spacial score (nSPS) is 11.7. The molecule has 0 amide bonds. The monoisotopic (exact) mass is 235 g/mol. The van der Waals surface area contributed by atoms with Gasteiger partial charge in [0.2, 0.25) is 0 Å². The Morgan fingerprint density at radius 2 is 2.00 bits per heavy atom. The molecule has 1 aromatic rings. The second-order valence-corrected chi connectivity index (χ2v) is 3.12. The van der Waals surface area contributed by atoms with Gasteiger partial charge < -0.3 is 5.73 Å². The van der Waals surface area contributed by atoms with E-state index in [4.69, 9.17) is 17.3 Å². The molecule has 0 aliphatic rings. The van der Waals surface area contributed by atoms with Crippen LogP contribution < -0.4 is 5.73 Å². The first-order chi connectivity index (χ1) is 6.16. The molecule has 0 aliphatic heterocycles. The van der Waals surface area contributed by atoms with E-state index in [1.807, 2.05) is 6.07 Å². The van der Waals surface area contributed by atoms with Crippen LogP contribution in [0.15, 0.2) is 30.1 Å². The zero-order valence-electron chi connectivity index (χ0n) is 7.76. The van der Waals surface area contributed by atoms with Crippen LogP contribution in [0.25, 0.3) is 5.57 Å². The average Bonchev–Trinajstić information content (AvgIpc) is 2.16. The van der Waals surface area contributed by atoms with Crippen molar-refractivity contribution in [2.75, 3.05) is 6.54 Å². The molecule has 14 heavy (non-hydrogen) atoms. The summed E-state index contributed by atoms with van der Waals surface area (Å²) in [5.74, 6) is -0.326. The lowest BCUT2D eigenvalue weighted by atomic mass is 10.1. The molecule has 0 aliphatic carbocycles. The molecule has 0 unspecified atom stereocenters. The third-order valence-corrected chi connectivity index (χ3v) is 2.19. The van der Waals surface area contributed by atoms with Gasteiger partial charge in [-0.25, -0.2) is 4.39 Å². The number of rotatable bonds is 2. The third kappa shape index (κ3) is 2.98. The first-order valence-electron chi connectivity index (χ1n) is 3.97. The summed E-state index contributed by atoms with van der Waals surface area (Å²) in [5, 5.41) is 0.545. The lowest BCUT2D eigenvalue weighted by Gasteiger charge is -2.04. The van der Waals surface area contributed by atoms with Crippen molar-refractivity contribution in [3.63, 3.8) is 0 Å². The van der Waals surface area contributed by atoms with Crippen LogP contribution in [0.2, 0.25) is 5.02 Å². The fraction of sp³-hybridized carbons (Fsp3) is 0.200. The molecule has 1 aromatic carbocycles. The standard InChI is InChI=1S/C10H11ClFN.ClH/c1-7(10(12)6-13)8-4-2-3-5-9(8)11;/h2-5H,6,13H2,1H3;1H/b10-7+;. The van der Waals surface area contributed by atoms with Gasteiger partial charge in [0.1, 0.15) is 5.83 Å². The summed E-state index contributed by atoms with van der Waals surface area (Å²) in [6, 6.07) is 7.12. The van der Waals surface area contributed by atoms with Crippen molar-refractivity contribution < 1.29 is 4.39 Å². The topological polar surface area (TPSA) is 26.0 Å². The predicted octanol–water partition coefficient (Wildman–Crippen LogP) is 3.42. The number of hydrogen-bond acceptors (Lipinski definition) is 1. The minimum Gasteiger partial charge on any atom is -0.325 e. The van der Waals surface area contributed by atoms with Crippen LogP contribution in [0.3, 0.4) is 0 Å². The summed E-state index contributed by atoms with van der Waals surface area (Å²) in [6.45, 7) is 1.58. The lowest BCUT2D eigenvalue weighted by molar-refractivity contribution is 0.621. The highest BCUT2D eigenvalue weighted by Gasteiger charge is 2.05. The van der Waals surface area contributed by atoms with Gasteiger partial charge in [0, 0.05) is 11.6 Å².